The van der Waals surface area contributed by atoms with Crippen LogP contribution in [0.2, 0.25) is 0 Å². The number of nitrogens with zero attached hydrogens (tertiary/aromatic N) is 3. The van der Waals surface area contributed by atoms with Crippen molar-refractivity contribution in [3.05, 3.63) is 16.8 Å². The van der Waals surface area contributed by atoms with Crippen molar-refractivity contribution in [3.8, 4) is 6.07 Å². The molecule has 23 heavy (non-hydrogen) atoms. The van der Waals surface area contributed by atoms with Crippen LogP contribution in [-0.4, -0.2) is 22.4 Å². The molecule has 1 fully saturated rings. The van der Waals surface area contributed by atoms with Gasteiger partial charge < -0.3 is 5.32 Å². The summed E-state index contributed by atoms with van der Waals surface area (Å²) in [4.78, 5) is 0. The predicted molar refractivity (Wildman–Crippen MR) is 80.9 cm³/mol. The summed E-state index contributed by atoms with van der Waals surface area (Å²) >= 11 is 0. The van der Waals surface area contributed by atoms with E-state index in [0.717, 1.165) is 11.3 Å². The van der Waals surface area contributed by atoms with Crippen molar-refractivity contribution in [1.82, 2.24) is 10.2 Å². The molecular formula is C16H21F3N4. The molecule has 0 saturated heterocycles. The van der Waals surface area contributed by atoms with Gasteiger partial charge in [-0.3, -0.25) is 0 Å². The maximum atomic E-state index is 12.9. The highest BCUT2D eigenvalue weighted by Crippen LogP contribution is 2.38. The summed E-state index contributed by atoms with van der Waals surface area (Å²) in [6, 6.07) is 1.81. The predicted octanol–water partition coefficient (Wildman–Crippen LogP) is 4.01. The number of nitrogens with one attached hydrogen (secondary N) is 1. The van der Waals surface area contributed by atoms with Gasteiger partial charge in [-0.1, -0.05) is 20.3 Å². The van der Waals surface area contributed by atoms with E-state index >= 15 is 0 Å². The van der Waals surface area contributed by atoms with Crippen LogP contribution in [-0.2, 0) is 12.8 Å². The van der Waals surface area contributed by atoms with Gasteiger partial charge in [-0.05, 0) is 37.7 Å². The summed E-state index contributed by atoms with van der Waals surface area (Å²) < 4.78 is 38.7. The standard InChI is InChI=1S/C16H21F3N4/c1-3-12-13(9-20)15(23-22-14(12)4-2)21-11-7-5-6-10(8-11)16(17,18)19/h10-11H,3-8H2,1-2H3,(H,21,23). The van der Waals surface area contributed by atoms with Crippen molar-refractivity contribution >= 4 is 5.82 Å². The molecule has 4 nitrogen and oxygen atoms in total. The van der Waals surface area contributed by atoms with E-state index in [9.17, 15) is 18.4 Å². The molecule has 1 saturated carbocycles. The van der Waals surface area contributed by atoms with Crippen LogP contribution in [0, 0.1) is 17.2 Å². The van der Waals surface area contributed by atoms with E-state index in [1.165, 1.54) is 0 Å². The smallest absolute Gasteiger partial charge is 0.365 e. The van der Waals surface area contributed by atoms with Gasteiger partial charge >= 0.3 is 6.18 Å². The Morgan fingerprint density at radius 2 is 1.96 bits per heavy atom. The van der Waals surface area contributed by atoms with Gasteiger partial charge in [-0.25, -0.2) is 0 Å². The first kappa shape index (κ1) is 17.5. The van der Waals surface area contributed by atoms with Gasteiger partial charge in [0, 0.05) is 6.04 Å². The van der Waals surface area contributed by atoms with E-state index < -0.39 is 12.1 Å². The molecule has 1 aliphatic carbocycles. The lowest BCUT2D eigenvalue weighted by Crippen LogP contribution is -2.35. The molecule has 0 bridgehead atoms. The van der Waals surface area contributed by atoms with Gasteiger partial charge in [0.25, 0.3) is 0 Å². The Morgan fingerprint density at radius 1 is 1.22 bits per heavy atom. The van der Waals surface area contributed by atoms with Crippen LogP contribution >= 0.6 is 0 Å². The highest BCUT2D eigenvalue weighted by Gasteiger charge is 2.42. The molecule has 0 aromatic carbocycles. The van der Waals surface area contributed by atoms with Crippen LogP contribution in [0.25, 0.3) is 0 Å². The fourth-order valence-corrected chi connectivity index (χ4v) is 3.21. The van der Waals surface area contributed by atoms with Gasteiger partial charge in [0.15, 0.2) is 5.82 Å². The molecule has 1 aromatic rings. The summed E-state index contributed by atoms with van der Waals surface area (Å²) in [6.45, 7) is 3.87. The highest BCUT2D eigenvalue weighted by molar-refractivity contribution is 5.57. The minimum Gasteiger partial charge on any atom is -0.365 e. The minimum atomic E-state index is -4.16. The number of aromatic nitrogens is 2. The molecule has 126 valence electrons. The molecular weight excluding hydrogens is 305 g/mol. The number of anilines is 1. The number of hydrogen-bond acceptors (Lipinski definition) is 4. The van der Waals surface area contributed by atoms with E-state index in [0.29, 0.717) is 37.1 Å². The zero-order valence-corrected chi connectivity index (χ0v) is 13.4. The maximum absolute atomic E-state index is 12.9. The van der Waals surface area contributed by atoms with E-state index in [2.05, 4.69) is 21.6 Å². The summed E-state index contributed by atoms with van der Waals surface area (Å²) in [5.41, 5.74) is 2.01. The normalized spacial score (nSPS) is 21.7. The first-order chi connectivity index (χ1) is 10.9. The number of hydrogen-bond donors (Lipinski definition) is 1. The lowest BCUT2D eigenvalue weighted by atomic mass is 9.85. The van der Waals surface area contributed by atoms with Crippen molar-refractivity contribution in [2.75, 3.05) is 5.32 Å². The van der Waals surface area contributed by atoms with E-state index in [1.54, 1.807) is 0 Å². The summed E-state index contributed by atoms with van der Waals surface area (Å²) in [6.07, 6.45) is -1.48. The zero-order valence-electron chi connectivity index (χ0n) is 13.4. The van der Waals surface area contributed by atoms with Crippen molar-refractivity contribution < 1.29 is 13.2 Å². The number of rotatable bonds is 4. The van der Waals surface area contributed by atoms with Crippen molar-refractivity contribution in [1.29, 1.82) is 5.26 Å². The van der Waals surface area contributed by atoms with Crippen LogP contribution in [0.15, 0.2) is 0 Å². The zero-order chi connectivity index (χ0) is 17.0. The van der Waals surface area contributed by atoms with Gasteiger partial charge in [0.1, 0.15) is 11.6 Å². The molecule has 1 heterocycles. The molecule has 0 spiro atoms. The second kappa shape index (κ2) is 7.16. The summed E-state index contributed by atoms with van der Waals surface area (Å²) in [7, 11) is 0. The van der Waals surface area contributed by atoms with E-state index in [1.807, 2.05) is 13.8 Å². The highest BCUT2D eigenvalue weighted by atomic mass is 19.4. The van der Waals surface area contributed by atoms with E-state index in [-0.39, 0.29) is 18.9 Å². The first-order valence-corrected chi connectivity index (χ1v) is 8.02. The molecule has 2 rings (SSSR count). The molecule has 0 radical (unpaired) electrons. The second-order valence-electron chi connectivity index (χ2n) is 5.91. The monoisotopic (exact) mass is 326 g/mol. The minimum absolute atomic E-state index is 0.0209. The molecule has 1 aromatic heterocycles. The Kier molecular flexibility index (Phi) is 5.45. The third-order valence-corrected chi connectivity index (χ3v) is 4.44. The third-order valence-electron chi connectivity index (χ3n) is 4.44. The van der Waals surface area contributed by atoms with Crippen molar-refractivity contribution in [2.45, 2.75) is 64.6 Å². The average molecular weight is 326 g/mol. The van der Waals surface area contributed by atoms with Crippen molar-refractivity contribution in [3.63, 3.8) is 0 Å². The quantitative estimate of drug-likeness (QED) is 0.908. The molecule has 7 heteroatoms. The lowest BCUT2D eigenvalue weighted by molar-refractivity contribution is -0.182. The Bertz CT molecular complexity index is 592. The Hall–Kier alpha value is -1.84. The molecule has 0 aliphatic heterocycles. The van der Waals surface area contributed by atoms with Gasteiger partial charge in [-0.15, -0.1) is 5.10 Å². The SMILES string of the molecule is CCc1nnc(NC2CCCC(C(F)(F)F)C2)c(C#N)c1CC. The molecule has 2 atom stereocenters. The Labute approximate surface area is 134 Å². The topological polar surface area (TPSA) is 61.6 Å². The largest absolute Gasteiger partial charge is 0.391 e. The molecule has 0 amide bonds. The summed E-state index contributed by atoms with van der Waals surface area (Å²) in [5, 5.41) is 20.6. The molecule has 1 N–H and O–H groups in total. The van der Waals surface area contributed by atoms with E-state index in [4.69, 9.17) is 0 Å². The van der Waals surface area contributed by atoms with Crippen molar-refractivity contribution in [2.24, 2.45) is 5.92 Å². The summed E-state index contributed by atoms with van der Waals surface area (Å²) in [5.74, 6) is -0.970. The lowest BCUT2D eigenvalue weighted by Gasteiger charge is -2.31. The fourth-order valence-electron chi connectivity index (χ4n) is 3.21. The Balaban J connectivity index is 2.22. The van der Waals surface area contributed by atoms with Crippen LogP contribution in [0.1, 0.15) is 56.4 Å². The molecule has 2 unspecified atom stereocenters. The van der Waals surface area contributed by atoms with Crippen LogP contribution < -0.4 is 5.32 Å². The van der Waals surface area contributed by atoms with Gasteiger partial charge in [-0.2, -0.15) is 23.5 Å². The number of nitriles is 1. The van der Waals surface area contributed by atoms with Crippen LogP contribution in [0.3, 0.4) is 0 Å². The first-order valence-electron chi connectivity index (χ1n) is 8.02. The van der Waals surface area contributed by atoms with Crippen LogP contribution in [0.5, 0.6) is 0 Å². The number of alkyl halides is 3. The average Bonchev–Trinajstić information content (AvgIpc) is 2.53. The van der Waals surface area contributed by atoms with Gasteiger partial charge in [0.05, 0.1) is 11.6 Å². The van der Waals surface area contributed by atoms with Gasteiger partial charge in [0.2, 0.25) is 0 Å². The number of halogens is 3. The van der Waals surface area contributed by atoms with Crippen LogP contribution in [0.4, 0.5) is 19.0 Å². The maximum Gasteiger partial charge on any atom is 0.391 e. The third kappa shape index (κ3) is 3.92. The fraction of sp³-hybridized carbons (Fsp3) is 0.688. The Morgan fingerprint density at radius 3 is 2.52 bits per heavy atom. The second-order valence-corrected chi connectivity index (χ2v) is 5.91. The molecule has 1 aliphatic rings. The number of aryl methyl sites for hydroxylation is 1.